The molecule has 0 saturated heterocycles. The third-order valence-corrected chi connectivity index (χ3v) is 12.7. The van der Waals surface area contributed by atoms with E-state index in [-0.39, 0.29) is 37.5 Å². The number of carbonyl (C=O) groups is 3. The van der Waals surface area contributed by atoms with Gasteiger partial charge in [-0.15, -0.1) is 0 Å². The van der Waals surface area contributed by atoms with Crippen molar-refractivity contribution in [3.63, 3.8) is 0 Å². The van der Waals surface area contributed by atoms with Gasteiger partial charge in [0.2, 0.25) is 0 Å². The molecule has 0 aliphatic heterocycles. The van der Waals surface area contributed by atoms with Crippen LogP contribution in [0.4, 0.5) is 0 Å². The van der Waals surface area contributed by atoms with Gasteiger partial charge in [0.1, 0.15) is 13.2 Å². The minimum atomic E-state index is -0.802. The van der Waals surface area contributed by atoms with Gasteiger partial charge in [0.25, 0.3) is 0 Å². The minimum Gasteiger partial charge on any atom is -0.462 e. The Bertz CT molecular complexity index is 1620. The van der Waals surface area contributed by atoms with E-state index in [4.69, 9.17) is 14.2 Å². The molecule has 0 aliphatic rings. The molecule has 0 fully saturated rings. The van der Waals surface area contributed by atoms with Crippen LogP contribution in [0.2, 0.25) is 0 Å². The van der Waals surface area contributed by atoms with Gasteiger partial charge < -0.3 is 14.2 Å². The lowest BCUT2D eigenvalue weighted by Gasteiger charge is -2.18. The molecule has 0 N–H and O–H groups in total. The molecule has 6 heteroatoms. The average Bonchev–Trinajstić information content (AvgIpc) is 3.41. The molecule has 0 aliphatic carbocycles. The first-order valence-electron chi connectivity index (χ1n) is 30.7. The fraction of sp³-hybridized carbons (Fsp3) is 0.638. The molecule has 75 heavy (non-hydrogen) atoms. The quantitative estimate of drug-likeness (QED) is 0.0261. The van der Waals surface area contributed by atoms with Crippen LogP contribution in [0, 0.1) is 0 Å². The average molecular weight is 1040 g/mol. The molecular formula is C69H112O6. The standard InChI is InChI=1S/C69H112O6/c1-4-7-10-13-16-19-22-25-26-27-28-29-30-31-32-33-34-35-36-37-38-39-40-41-42-45-47-50-53-56-59-62-68(71)74-65-66(75-69(72)63-60-57-54-51-48-44-24-21-18-15-12-9-6-3)64-73-67(70)61-58-55-52-49-46-43-23-20-17-14-11-8-5-2/h7,9-10,12,16,18-19,21,25-26,28-29,31-32,34-35,37-38,40-41,44,48,66H,4-6,8,11,13-15,17,20,22-24,27,30,33,36,39,42-43,45-47,49-65H2,1-3H3/b10-7-,12-9-,19-16-,21-18-,26-25-,29-28-,32-31-,35-34-,38-37-,41-40-,48-44-. The monoisotopic (exact) mass is 1040 g/mol. The third kappa shape index (κ3) is 60.3. The molecule has 0 spiro atoms. The molecule has 0 aromatic heterocycles. The second-order valence-electron chi connectivity index (χ2n) is 19.9. The maximum Gasteiger partial charge on any atom is 0.306 e. The number of unbranched alkanes of at least 4 members (excludes halogenated alkanes) is 21. The van der Waals surface area contributed by atoms with Gasteiger partial charge in [-0.25, -0.2) is 0 Å². The number of hydrogen-bond donors (Lipinski definition) is 0. The molecule has 0 radical (unpaired) electrons. The molecule has 0 amide bonds. The van der Waals surface area contributed by atoms with Crippen LogP contribution in [0.3, 0.4) is 0 Å². The summed E-state index contributed by atoms with van der Waals surface area (Å²) in [5.41, 5.74) is 0. The van der Waals surface area contributed by atoms with Crippen LogP contribution in [-0.2, 0) is 28.6 Å². The summed E-state index contributed by atoms with van der Waals surface area (Å²) >= 11 is 0. The van der Waals surface area contributed by atoms with Gasteiger partial charge in [0.05, 0.1) is 0 Å². The van der Waals surface area contributed by atoms with Crippen molar-refractivity contribution in [1.29, 1.82) is 0 Å². The normalized spacial score (nSPS) is 13.1. The smallest absolute Gasteiger partial charge is 0.306 e. The molecule has 0 aromatic carbocycles. The Labute approximate surface area is 462 Å². The fourth-order valence-electron chi connectivity index (χ4n) is 8.12. The van der Waals surface area contributed by atoms with Crippen molar-refractivity contribution in [3.05, 3.63) is 134 Å². The largest absolute Gasteiger partial charge is 0.462 e. The summed E-state index contributed by atoms with van der Waals surface area (Å²) < 4.78 is 16.8. The molecule has 424 valence electrons. The Morgan fingerprint density at radius 3 is 0.827 bits per heavy atom. The summed E-state index contributed by atoms with van der Waals surface area (Å²) in [6.07, 6.45) is 87.4. The first-order valence-corrected chi connectivity index (χ1v) is 30.7. The van der Waals surface area contributed by atoms with Crippen molar-refractivity contribution < 1.29 is 28.6 Å². The predicted octanol–water partition coefficient (Wildman–Crippen LogP) is 21.0. The predicted molar refractivity (Wildman–Crippen MR) is 325 cm³/mol. The summed E-state index contributed by atoms with van der Waals surface area (Å²) in [5.74, 6) is -0.942. The van der Waals surface area contributed by atoms with Gasteiger partial charge in [0, 0.05) is 19.3 Å². The number of ether oxygens (including phenoxy) is 3. The van der Waals surface area contributed by atoms with Gasteiger partial charge >= 0.3 is 17.9 Å². The zero-order valence-electron chi connectivity index (χ0n) is 48.5. The number of allylic oxidation sites excluding steroid dienone is 22. The summed E-state index contributed by atoms with van der Waals surface area (Å²) in [7, 11) is 0. The Kier molecular flexibility index (Phi) is 58.4. The molecule has 1 unspecified atom stereocenters. The van der Waals surface area contributed by atoms with Crippen LogP contribution >= 0.6 is 0 Å². The lowest BCUT2D eigenvalue weighted by molar-refractivity contribution is -0.167. The Morgan fingerprint density at radius 1 is 0.280 bits per heavy atom. The van der Waals surface area contributed by atoms with Crippen LogP contribution in [0.5, 0.6) is 0 Å². The highest BCUT2D eigenvalue weighted by Gasteiger charge is 2.19. The Morgan fingerprint density at radius 2 is 0.520 bits per heavy atom. The summed E-state index contributed by atoms with van der Waals surface area (Å²) in [5, 5.41) is 0. The molecule has 0 rings (SSSR count). The highest BCUT2D eigenvalue weighted by atomic mass is 16.6. The van der Waals surface area contributed by atoms with E-state index in [1.165, 1.54) is 77.0 Å². The van der Waals surface area contributed by atoms with Gasteiger partial charge in [-0.05, 0) is 116 Å². The van der Waals surface area contributed by atoms with Crippen molar-refractivity contribution in [3.8, 4) is 0 Å². The van der Waals surface area contributed by atoms with E-state index in [9.17, 15) is 14.4 Å². The first-order chi connectivity index (χ1) is 37.0. The van der Waals surface area contributed by atoms with E-state index in [1.807, 2.05) is 0 Å². The van der Waals surface area contributed by atoms with Gasteiger partial charge in [-0.1, -0.05) is 264 Å². The van der Waals surface area contributed by atoms with Crippen LogP contribution in [-0.4, -0.2) is 37.2 Å². The lowest BCUT2D eigenvalue weighted by Crippen LogP contribution is -2.30. The third-order valence-electron chi connectivity index (χ3n) is 12.7. The van der Waals surface area contributed by atoms with Crippen LogP contribution < -0.4 is 0 Å². The maximum absolute atomic E-state index is 12.8. The van der Waals surface area contributed by atoms with E-state index in [0.29, 0.717) is 12.8 Å². The molecule has 1 atom stereocenters. The van der Waals surface area contributed by atoms with Crippen LogP contribution in [0.25, 0.3) is 0 Å². The first kappa shape index (κ1) is 70.5. The highest BCUT2D eigenvalue weighted by molar-refractivity contribution is 5.71. The Hall–Kier alpha value is -4.45. The van der Waals surface area contributed by atoms with Crippen molar-refractivity contribution in [2.75, 3.05) is 13.2 Å². The molecule has 0 heterocycles. The zero-order valence-corrected chi connectivity index (χ0v) is 48.5. The number of esters is 3. The van der Waals surface area contributed by atoms with Crippen molar-refractivity contribution in [2.45, 2.75) is 271 Å². The van der Waals surface area contributed by atoms with E-state index in [2.05, 4.69) is 154 Å². The molecular weight excluding hydrogens is 925 g/mol. The van der Waals surface area contributed by atoms with E-state index >= 15 is 0 Å². The van der Waals surface area contributed by atoms with E-state index in [0.717, 1.165) is 148 Å². The van der Waals surface area contributed by atoms with Crippen LogP contribution in [0.15, 0.2) is 134 Å². The Balaban J connectivity index is 4.31. The van der Waals surface area contributed by atoms with Gasteiger partial charge in [0.15, 0.2) is 6.10 Å². The number of rotatable bonds is 54. The second kappa shape index (κ2) is 62.1. The van der Waals surface area contributed by atoms with Crippen molar-refractivity contribution in [2.24, 2.45) is 0 Å². The summed E-state index contributed by atoms with van der Waals surface area (Å²) in [6.45, 7) is 6.37. The minimum absolute atomic E-state index is 0.0958. The van der Waals surface area contributed by atoms with Crippen molar-refractivity contribution in [1.82, 2.24) is 0 Å². The molecule has 0 saturated carbocycles. The number of hydrogen-bond acceptors (Lipinski definition) is 6. The molecule has 0 aromatic rings. The van der Waals surface area contributed by atoms with Gasteiger partial charge in [-0.2, -0.15) is 0 Å². The summed E-state index contributed by atoms with van der Waals surface area (Å²) in [6, 6.07) is 0. The molecule has 0 bridgehead atoms. The zero-order chi connectivity index (χ0) is 54.3. The SMILES string of the molecule is CC/C=C\C/C=C\C/C=C\C/C=C\C/C=C\C/C=C\C/C=C\C/C=C\CCCCCCCCC(=O)OCC(COC(=O)CCCCCCCCCCCCCCC)OC(=O)CCCCC/C=C\C/C=C\C/C=C\CC. The number of carbonyl (C=O) groups excluding carboxylic acids is 3. The highest BCUT2D eigenvalue weighted by Crippen LogP contribution is 2.15. The lowest BCUT2D eigenvalue weighted by atomic mass is 10.0. The van der Waals surface area contributed by atoms with E-state index in [1.54, 1.807) is 0 Å². The topological polar surface area (TPSA) is 78.9 Å². The van der Waals surface area contributed by atoms with Gasteiger partial charge in [-0.3, -0.25) is 14.4 Å². The molecule has 6 nitrogen and oxygen atoms in total. The maximum atomic E-state index is 12.8. The van der Waals surface area contributed by atoms with Crippen molar-refractivity contribution >= 4 is 17.9 Å². The van der Waals surface area contributed by atoms with Crippen LogP contribution in [0.1, 0.15) is 265 Å². The van der Waals surface area contributed by atoms with E-state index < -0.39 is 6.10 Å². The summed E-state index contributed by atoms with van der Waals surface area (Å²) in [4.78, 5) is 38.2. The second-order valence-corrected chi connectivity index (χ2v) is 19.9. The fourth-order valence-corrected chi connectivity index (χ4v) is 8.12.